The van der Waals surface area contributed by atoms with Crippen LogP contribution in [0.1, 0.15) is 21.6 Å². The summed E-state index contributed by atoms with van der Waals surface area (Å²) in [7, 11) is -1.84. The summed E-state index contributed by atoms with van der Waals surface area (Å²) in [5.74, 6) is -3.00. The largest absolute Gasteiger partial charge is 0.497 e. The lowest BCUT2D eigenvalue weighted by Gasteiger charge is -2.13. The third-order valence-electron chi connectivity index (χ3n) is 4.68. The number of carbonyl (C=O) groups excluding carboxylic acids is 1. The zero-order chi connectivity index (χ0) is 22.2. The van der Waals surface area contributed by atoms with Crippen molar-refractivity contribution in [2.24, 2.45) is 0 Å². The number of nitrogens with one attached hydrogen (secondary N) is 1. The highest BCUT2D eigenvalue weighted by molar-refractivity contribution is 7.99. The van der Waals surface area contributed by atoms with Gasteiger partial charge in [-0.1, -0.05) is 23.9 Å². The van der Waals surface area contributed by atoms with Gasteiger partial charge in [0, 0.05) is 10.5 Å². The first-order valence-electron chi connectivity index (χ1n) is 9.08. The number of ether oxygens (including phenoxy) is 1. The van der Waals surface area contributed by atoms with Crippen LogP contribution in [-0.2, 0) is 21.3 Å². The van der Waals surface area contributed by atoms with E-state index in [0.717, 1.165) is 0 Å². The Kier molecular flexibility index (Phi) is 5.71. The fourth-order valence-electron chi connectivity index (χ4n) is 3.31. The van der Waals surface area contributed by atoms with Crippen LogP contribution in [0.4, 0.5) is 14.6 Å². The predicted octanol–water partition coefficient (Wildman–Crippen LogP) is 3.88. The summed E-state index contributed by atoms with van der Waals surface area (Å²) >= 11 is 0.269. The Bertz CT molecular complexity index is 1240. The van der Waals surface area contributed by atoms with Gasteiger partial charge in [-0.15, -0.1) is 0 Å². The van der Waals surface area contributed by atoms with Crippen molar-refractivity contribution in [1.82, 2.24) is 9.78 Å². The smallest absolute Gasteiger partial charge is 0.288 e. The predicted molar refractivity (Wildman–Crippen MR) is 113 cm³/mol. The first-order valence-corrected chi connectivity index (χ1v) is 11.8. The average Bonchev–Trinajstić information content (AvgIpc) is 3.20. The van der Waals surface area contributed by atoms with Crippen LogP contribution in [0.3, 0.4) is 0 Å². The molecule has 3 aromatic rings. The van der Waals surface area contributed by atoms with Crippen LogP contribution in [0, 0.1) is 0 Å². The number of methoxy groups -OCH3 is 1. The van der Waals surface area contributed by atoms with Gasteiger partial charge < -0.3 is 10.1 Å². The van der Waals surface area contributed by atoms with E-state index < -0.39 is 21.5 Å². The van der Waals surface area contributed by atoms with Gasteiger partial charge in [0.05, 0.1) is 35.6 Å². The number of alkyl halides is 2. The highest BCUT2D eigenvalue weighted by Gasteiger charge is 2.33. The van der Waals surface area contributed by atoms with Crippen molar-refractivity contribution in [1.29, 1.82) is 0 Å². The molecular weight excluding hydrogens is 448 g/mol. The minimum absolute atomic E-state index is 0.0601. The number of amides is 1. The van der Waals surface area contributed by atoms with Crippen LogP contribution in [-0.4, -0.2) is 37.0 Å². The van der Waals surface area contributed by atoms with Gasteiger partial charge in [-0.3, -0.25) is 4.79 Å². The molecule has 1 aromatic heterocycles. The molecule has 0 fully saturated rings. The van der Waals surface area contributed by atoms with E-state index in [0.29, 0.717) is 22.7 Å². The number of carbonyl (C=O) groups is 1. The van der Waals surface area contributed by atoms with E-state index in [2.05, 4.69) is 10.4 Å². The first-order chi connectivity index (χ1) is 14.8. The Morgan fingerprint density at radius 2 is 1.87 bits per heavy atom. The molecule has 2 aromatic carbocycles. The van der Waals surface area contributed by atoms with Gasteiger partial charge in [-0.25, -0.2) is 13.1 Å². The van der Waals surface area contributed by atoms with Crippen LogP contribution < -0.4 is 10.1 Å². The van der Waals surface area contributed by atoms with E-state index in [4.69, 9.17) is 4.74 Å². The maximum absolute atomic E-state index is 13.0. The standard InChI is InChI=1S/C20H17F2N3O4S2/c1-29-13-8-6-12(7-9-13)25-18(15-10-31(27,28)11-16(15)24-25)23-19(26)14-4-2-3-5-17(14)30-20(21)22/h2-9,20H,10-11H2,1H3,(H,23,26). The van der Waals surface area contributed by atoms with Crippen molar-refractivity contribution in [2.45, 2.75) is 22.2 Å². The van der Waals surface area contributed by atoms with Gasteiger partial charge in [-0.2, -0.15) is 13.9 Å². The molecule has 162 valence electrons. The minimum Gasteiger partial charge on any atom is -0.497 e. The molecule has 31 heavy (non-hydrogen) atoms. The summed E-state index contributed by atoms with van der Waals surface area (Å²) in [5.41, 5.74) is 1.38. The van der Waals surface area contributed by atoms with Gasteiger partial charge in [0.1, 0.15) is 11.6 Å². The summed E-state index contributed by atoms with van der Waals surface area (Å²) < 4.78 is 56.6. The van der Waals surface area contributed by atoms with E-state index in [1.807, 2.05) is 0 Å². The SMILES string of the molecule is COc1ccc(-n2nc3c(c2NC(=O)c2ccccc2SC(F)F)CS(=O)(=O)C3)cc1. The number of rotatable bonds is 6. The van der Waals surface area contributed by atoms with Crippen molar-refractivity contribution < 1.29 is 26.7 Å². The highest BCUT2D eigenvalue weighted by Crippen LogP contribution is 2.34. The van der Waals surface area contributed by atoms with Gasteiger partial charge in [0.25, 0.3) is 11.7 Å². The number of benzene rings is 2. The lowest BCUT2D eigenvalue weighted by Crippen LogP contribution is -2.17. The molecule has 2 heterocycles. The number of nitrogens with zero attached hydrogens (tertiary/aromatic N) is 2. The maximum Gasteiger partial charge on any atom is 0.288 e. The summed E-state index contributed by atoms with van der Waals surface area (Å²) in [5, 5.41) is 7.08. The van der Waals surface area contributed by atoms with E-state index >= 15 is 0 Å². The monoisotopic (exact) mass is 465 g/mol. The molecule has 1 aliphatic heterocycles. The van der Waals surface area contributed by atoms with E-state index in [9.17, 15) is 22.0 Å². The summed E-state index contributed by atoms with van der Waals surface area (Å²) in [4.78, 5) is 13.1. The molecule has 0 bridgehead atoms. The topological polar surface area (TPSA) is 90.3 Å². The van der Waals surface area contributed by atoms with Crippen molar-refractivity contribution in [3.05, 3.63) is 65.4 Å². The molecule has 1 amide bonds. The molecule has 0 spiro atoms. The molecule has 0 saturated heterocycles. The molecule has 0 atom stereocenters. The van der Waals surface area contributed by atoms with Gasteiger partial charge >= 0.3 is 0 Å². The molecule has 0 aliphatic carbocycles. The molecule has 7 nitrogen and oxygen atoms in total. The fraction of sp³-hybridized carbons (Fsp3) is 0.200. The zero-order valence-electron chi connectivity index (χ0n) is 16.2. The first kappa shape index (κ1) is 21.3. The molecule has 1 aliphatic rings. The van der Waals surface area contributed by atoms with E-state index in [1.54, 1.807) is 36.4 Å². The number of fused-ring (bicyclic) bond motifs is 1. The lowest BCUT2D eigenvalue weighted by atomic mass is 10.2. The van der Waals surface area contributed by atoms with Crippen LogP contribution in [0.25, 0.3) is 5.69 Å². The summed E-state index contributed by atoms with van der Waals surface area (Å²) in [6.07, 6.45) is 0. The van der Waals surface area contributed by atoms with Crippen LogP contribution in [0.5, 0.6) is 5.75 Å². The lowest BCUT2D eigenvalue weighted by molar-refractivity contribution is 0.102. The minimum atomic E-state index is -3.37. The van der Waals surface area contributed by atoms with Gasteiger partial charge in [0.2, 0.25) is 0 Å². The molecule has 4 rings (SSSR count). The van der Waals surface area contributed by atoms with E-state index in [1.165, 1.54) is 23.9 Å². The number of thioether (sulfide) groups is 1. The van der Waals surface area contributed by atoms with Crippen molar-refractivity contribution in [2.75, 3.05) is 12.4 Å². The second kappa shape index (κ2) is 8.31. The van der Waals surface area contributed by atoms with Crippen molar-refractivity contribution in [3.8, 4) is 11.4 Å². The van der Waals surface area contributed by atoms with E-state index in [-0.39, 0.29) is 39.5 Å². The number of hydrogen-bond donors (Lipinski definition) is 1. The quantitative estimate of drug-likeness (QED) is 0.556. The molecule has 0 saturated carbocycles. The zero-order valence-corrected chi connectivity index (χ0v) is 17.8. The fourth-order valence-corrected chi connectivity index (χ4v) is 5.44. The molecule has 0 unspecified atom stereocenters. The number of aromatic nitrogens is 2. The molecule has 11 heteroatoms. The number of halogens is 2. The normalized spacial score (nSPS) is 14.5. The summed E-state index contributed by atoms with van der Waals surface area (Å²) in [6.45, 7) is 0. The highest BCUT2D eigenvalue weighted by atomic mass is 32.2. The third-order valence-corrected chi connectivity index (χ3v) is 6.91. The maximum atomic E-state index is 13.0. The second-order valence-electron chi connectivity index (χ2n) is 6.74. The van der Waals surface area contributed by atoms with Crippen molar-refractivity contribution in [3.63, 3.8) is 0 Å². The van der Waals surface area contributed by atoms with Crippen LogP contribution in [0.2, 0.25) is 0 Å². The Hall–Kier alpha value is -2.92. The molecule has 0 radical (unpaired) electrons. The summed E-state index contributed by atoms with van der Waals surface area (Å²) in [6, 6.07) is 12.8. The van der Waals surface area contributed by atoms with Gasteiger partial charge in [-0.05, 0) is 36.4 Å². The number of sulfone groups is 1. The average molecular weight is 466 g/mol. The van der Waals surface area contributed by atoms with Crippen LogP contribution in [0.15, 0.2) is 53.4 Å². The van der Waals surface area contributed by atoms with Crippen LogP contribution >= 0.6 is 11.8 Å². The number of hydrogen-bond acceptors (Lipinski definition) is 6. The molecule has 1 N–H and O–H groups in total. The second-order valence-corrected chi connectivity index (χ2v) is 9.84. The molecular formula is C20H17F2N3O4S2. The number of anilines is 1. The Morgan fingerprint density at radius 3 is 2.55 bits per heavy atom. The Morgan fingerprint density at radius 1 is 1.16 bits per heavy atom. The van der Waals surface area contributed by atoms with Gasteiger partial charge in [0.15, 0.2) is 9.84 Å². The third kappa shape index (κ3) is 4.42. The Balaban J connectivity index is 1.75. The van der Waals surface area contributed by atoms with Crippen molar-refractivity contribution >= 4 is 33.3 Å². The Labute approximate surface area is 181 Å².